The Morgan fingerprint density at radius 1 is 0.962 bits per heavy atom. The molecule has 0 saturated carbocycles. The van der Waals surface area contributed by atoms with E-state index in [1.165, 1.54) is 6.92 Å². The first-order valence-electron chi connectivity index (χ1n) is 8.36. The van der Waals surface area contributed by atoms with Crippen molar-refractivity contribution in [1.82, 2.24) is 14.7 Å². The Hall–Kier alpha value is -3.47. The Bertz CT molecular complexity index is 1060. The van der Waals surface area contributed by atoms with E-state index in [4.69, 9.17) is 0 Å². The SMILES string of the molecule is CC(=O)NC(=O)C(c1ccccc1)c1c2ccccc2n2cnccc12. The summed E-state index contributed by atoms with van der Waals surface area (Å²) in [4.78, 5) is 28.7. The van der Waals surface area contributed by atoms with Gasteiger partial charge in [-0.1, -0.05) is 48.5 Å². The van der Waals surface area contributed by atoms with Gasteiger partial charge in [-0.05, 0) is 17.7 Å². The molecule has 128 valence electrons. The second kappa shape index (κ2) is 6.44. The Morgan fingerprint density at radius 3 is 2.46 bits per heavy atom. The highest BCUT2D eigenvalue weighted by molar-refractivity contribution is 6.04. The third-order valence-corrected chi connectivity index (χ3v) is 4.47. The van der Waals surface area contributed by atoms with Crippen molar-refractivity contribution in [3.8, 4) is 0 Å². The van der Waals surface area contributed by atoms with E-state index in [0.717, 1.165) is 27.5 Å². The minimum absolute atomic E-state index is 0.334. The van der Waals surface area contributed by atoms with Crippen molar-refractivity contribution in [2.45, 2.75) is 12.8 Å². The minimum atomic E-state index is -0.600. The third-order valence-electron chi connectivity index (χ3n) is 4.47. The summed E-state index contributed by atoms with van der Waals surface area (Å²) < 4.78 is 1.97. The number of imide groups is 1. The maximum absolute atomic E-state index is 13.0. The first kappa shape index (κ1) is 16.0. The van der Waals surface area contributed by atoms with Crippen molar-refractivity contribution >= 4 is 28.2 Å². The van der Waals surface area contributed by atoms with Gasteiger partial charge in [-0.25, -0.2) is 4.98 Å². The van der Waals surface area contributed by atoms with Gasteiger partial charge >= 0.3 is 0 Å². The fourth-order valence-electron chi connectivity index (χ4n) is 3.47. The number of carbonyl (C=O) groups is 2. The van der Waals surface area contributed by atoms with Gasteiger partial charge in [-0.3, -0.25) is 14.9 Å². The van der Waals surface area contributed by atoms with Crippen LogP contribution in [-0.4, -0.2) is 21.2 Å². The Labute approximate surface area is 150 Å². The van der Waals surface area contributed by atoms with Gasteiger partial charge in [0.25, 0.3) is 0 Å². The quantitative estimate of drug-likeness (QED) is 0.621. The average Bonchev–Trinajstić information content (AvgIpc) is 2.97. The van der Waals surface area contributed by atoms with E-state index in [9.17, 15) is 9.59 Å². The zero-order valence-electron chi connectivity index (χ0n) is 14.2. The summed E-state index contributed by atoms with van der Waals surface area (Å²) >= 11 is 0. The fraction of sp³-hybridized carbons (Fsp3) is 0.0952. The maximum atomic E-state index is 13.0. The van der Waals surface area contributed by atoms with Crippen LogP contribution in [0.3, 0.4) is 0 Å². The van der Waals surface area contributed by atoms with Gasteiger partial charge in [0.15, 0.2) is 0 Å². The number of amides is 2. The molecule has 2 aromatic carbocycles. The molecular formula is C21H17N3O2. The van der Waals surface area contributed by atoms with E-state index in [-0.39, 0.29) is 11.8 Å². The summed E-state index contributed by atoms with van der Waals surface area (Å²) in [6, 6.07) is 19.3. The lowest BCUT2D eigenvalue weighted by Gasteiger charge is -2.17. The molecule has 2 aromatic heterocycles. The number of fused-ring (bicyclic) bond motifs is 3. The minimum Gasteiger partial charge on any atom is -0.300 e. The zero-order chi connectivity index (χ0) is 18.1. The van der Waals surface area contributed by atoms with Gasteiger partial charge in [0, 0.05) is 24.1 Å². The van der Waals surface area contributed by atoms with Crippen molar-refractivity contribution in [1.29, 1.82) is 0 Å². The van der Waals surface area contributed by atoms with Crippen LogP contribution in [0.2, 0.25) is 0 Å². The van der Waals surface area contributed by atoms with Crippen molar-refractivity contribution in [2.75, 3.05) is 0 Å². The molecule has 2 heterocycles. The molecule has 0 saturated heterocycles. The summed E-state index contributed by atoms with van der Waals surface area (Å²) in [5, 5.41) is 3.42. The predicted molar refractivity (Wildman–Crippen MR) is 99.8 cm³/mol. The van der Waals surface area contributed by atoms with E-state index in [0.29, 0.717) is 0 Å². The third kappa shape index (κ3) is 2.63. The molecule has 0 bridgehead atoms. The van der Waals surface area contributed by atoms with Crippen molar-refractivity contribution in [3.63, 3.8) is 0 Å². The molecule has 0 aliphatic carbocycles. The highest BCUT2D eigenvalue weighted by Crippen LogP contribution is 2.36. The molecule has 4 rings (SSSR count). The van der Waals surface area contributed by atoms with Crippen molar-refractivity contribution in [2.24, 2.45) is 0 Å². The Kier molecular flexibility index (Phi) is 3.97. The summed E-state index contributed by atoms with van der Waals surface area (Å²) in [6.07, 6.45) is 3.45. The monoisotopic (exact) mass is 343 g/mol. The van der Waals surface area contributed by atoms with E-state index >= 15 is 0 Å². The molecule has 1 unspecified atom stereocenters. The number of aromatic nitrogens is 2. The number of rotatable bonds is 3. The van der Waals surface area contributed by atoms with Gasteiger partial charge in [-0.2, -0.15) is 0 Å². The van der Waals surface area contributed by atoms with E-state index in [1.54, 1.807) is 12.5 Å². The van der Waals surface area contributed by atoms with Crippen LogP contribution in [0, 0.1) is 0 Å². The molecular weight excluding hydrogens is 326 g/mol. The maximum Gasteiger partial charge on any atom is 0.238 e. The first-order valence-corrected chi connectivity index (χ1v) is 8.36. The van der Waals surface area contributed by atoms with Gasteiger partial charge in [-0.15, -0.1) is 0 Å². The fourth-order valence-corrected chi connectivity index (χ4v) is 3.47. The highest BCUT2D eigenvalue weighted by atomic mass is 16.2. The number of nitrogens with one attached hydrogen (secondary N) is 1. The summed E-state index contributed by atoms with van der Waals surface area (Å²) in [5.74, 6) is -1.30. The van der Waals surface area contributed by atoms with E-state index in [2.05, 4.69) is 10.3 Å². The second-order valence-corrected chi connectivity index (χ2v) is 6.16. The lowest BCUT2D eigenvalue weighted by Crippen LogP contribution is -2.33. The molecule has 4 aromatic rings. The van der Waals surface area contributed by atoms with Crippen LogP contribution in [0.1, 0.15) is 24.0 Å². The van der Waals surface area contributed by atoms with Crippen molar-refractivity contribution < 1.29 is 9.59 Å². The topological polar surface area (TPSA) is 63.5 Å². The second-order valence-electron chi connectivity index (χ2n) is 6.16. The molecule has 5 heteroatoms. The van der Waals surface area contributed by atoms with Crippen LogP contribution in [0.5, 0.6) is 0 Å². The van der Waals surface area contributed by atoms with Gasteiger partial charge in [0.2, 0.25) is 11.8 Å². The lowest BCUT2D eigenvalue weighted by atomic mass is 9.89. The number of hydrogen-bond donors (Lipinski definition) is 1. The van der Waals surface area contributed by atoms with Crippen molar-refractivity contribution in [3.05, 3.63) is 84.3 Å². The summed E-state index contributed by atoms with van der Waals surface area (Å²) in [5.41, 5.74) is 3.57. The number of carbonyl (C=O) groups excluding carboxylic acids is 2. The molecule has 5 nitrogen and oxygen atoms in total. The predicted octanol–water partition coefficient (Wildman–Crippen LogP) is 3.28. The van der Waals surface area contributed by atoms with Crippen LogP contribution in [0.4, 0.5) is 0 Å². The zero-order valence-corrected chi connectivity index (χ0v) is 14.2. The number of nitrogens with zero attached hydrogens (tertiary/aromatic N) is 2. The van der Waals surface area contributed by atoms with Crippen LogP contribution in [0.15, 0.2) is 73.2 Å². The van der Waals surface area contributed by atoms with Gasteiger partial charge < -0.3 is 4.40 Å². The molecule has 0 aliphatic rings. The van der Waals surface area contributed by atoms with Crippen LogP contribution >= 0.6 is 0 Å². The normalized spacial score (nSPS) is 12.2. The average molecular weight is 343 g/mol. The van der Waals surface area contributed by atoms with Gasteiger partial charge in [0.1, 0.15) is 0 Å². The first-order chi connectivity index (χ1) is 12.7. The van der Waals surface area contributed by atoms with E-state index in [1.807, 2.05) is 65.1 Å². The molecule has 0 aliphatic heterocycles. The summed E-state index contributed by atoms with van der Waals surface area (Å²) in [6.45, 7) is 1.35. The summed E-state index contributed by atoms with van der Waals surface area (Å²) in [7, 11) is 0. The number of hydrogen-bond acceptors (Lipinski definition) is 3. The Balaban J connectivity index is 2.04. The molecule has 2 amide bonds. The number of para-hydroxylation sites is 1. The molecule has 0 fully saturated rings. The Morgan fingerprint density at radius 2 is 1.69 bits per heavy atom. The number of benzene rings is 2. The van der Waals surface area contributed by atoms with Crippen LogP contribution in [-0.2, 0) is 9.59 Å². The molecule has 1 N–H and O–H groups in total. The standard InChI is InChI=1S/C21H17N3O2/c1-14(25)23-21(26)19(15-7-3-2-4-8-15)20-16-9-5-6-10-17(16)24-13-22-12-11-18(20)24/h2-13,19H,1H3,(H,23,25,26). The largest absolute Gasteiger partial charge is 0.300 e. The molecule has 1 atom stereocenters. The smallest absolute Gasteiger partial charge is 0.238 e. The molecule has 0 radical (unpaired) electrons. The van der Waals surface area contributed by atoms with Gasteiger partial charge in [0.05, 0.1) is 23.3 Å². The molecule has 26 heavy (non-hydrogen) atoms. The lowest BCUT2D eigenvalue weighted by molar-refractivity contribution is -0.129. The van der Waals surface area contributed by atoms with Crippen LogP contribution < -0.4 is 5.32 Å². The van der Waals surface area contributed by atoms with Crippen LogP contribution in [0.25, 0.3) is 16.4 Å². The van der Waals surface area contributed by atoms with E-state index < -0.39 is 5.92 Å². The molecule has 0 spiro atoms. The highest BCUT2D eigenvalue weighted by Gasteiger charge is 2.28.